The molecular weight excluding hydrogens is 192 g/mol. The normalized spacial score (nSPS) is 9.93. The number of carbonyl (C=O) groups excluding carboxylic acids is 1. The summed E-state index contributed by atoms with van der Waals surface area (Å²) in [5.41, 5.74) is 7.31. The van der Waals surface area contributed by atoms with E-state index in [0.717, 1.165) is 18.5 Å². The molecule has 1 aromatic heterocycles. The molecule has 1 rings (SSSR count). The first-order valence-electron chi connectivity index (χ1n) is 4.92. The van der Waals surface area contributed by atoms with Crippen LogP contribution in [0.3, 0.4) is 0 Å². The molecule has 0 atom stereocenters. The second-order valence-corrected chi connectivity index (χ2v) is 3.21. The van der Waals surface area contributed by atoms with Crippen LogP contribution in [0.4, 0.5) is 5.69 Å². The van der Waals surface area contributed by atoms with Crippen LogP contribution in [0.15, 0.2) is 12.7 Å². The fraction of sp³-hybridized carbons (Fsp3) is 0.400. The van der Waals surface area contributed by atoms with Gasteiger partial charge in [0.25, 0.3) is 5.91 Å². The number of hydrogen-bond donors (Lipinski definition) is 3. The van der Waals surface area contributed by atoms with E-state index in [1.807, 2.05) is 6.92 Å². The highest BCUT2D eigenvalue weighted by Crippen LogP contribution is 2.15. The number of amides is 1. The van der Waals surface area contributed by atoms with E-state index < -0.39 is 0 Å². The molecule has 1 heterocycles. The van der Waals surface area contributed by atoms with Crippen LogP contribution in [0.5, 0.6) is 0 Å². The van der Waals surface area contributed by atoms with Gasteiger partial charge in [-0.05, 0) is 6.42 Å². The average Bonchev–Trinajstić information content (AvgIpc) is 2.58. The standard InChI is InChI=1S/C10H16N4O/c1-3-5-7-8(11)9(14-13-7)10(15)12-6-4-2/h4H,2-3,5-6,11H2,1H3,(H,12,15)(H,13,14). The molecule has 0 saturated carbocycles. The van der Waals surface area contributed by atoms with Gasteiger partial charge in [-0.25, -0.2) is 0 Å². The Morgan fingerprint density at radius 3 is 3.07 bits per heavy atom. The minimum Gasteiger partial charge on any atom is -0.395 e. The molecule has 1 aromatic rings. The summed E-state index contributed by atoms with van der Waals surface area (Å²) in [5, 5.41) is 9.29. The number of nitrogens with one attached hydrogen (secondary N) is 2. The molecule has 1 amide bonds. The Morgan fingerprint density at radius 2 is 2.47 bits per heavy atom. The van der Waals surface area contributed by atoms with Gasteiger partial charge in [-0.15, -0.1) is 6.58 Å². The van der Waals surface area contributed by atoms with Crippen LogP contribution in [-0.2, 0) is 6.42 Å². The number of nitrogens with zero attached hydrogens (tertiary/aromatic N) is 1. The number of aromatic amines is 1. The van der Waals surface area contributed by atoms with Crippen LogP contribution >= 0.6 is 0 Å². The Morgan fingerprint density at radius 1 is 1.73 bits per heavy atom. The van der Waals surface area contributed by atoms with Gasteiger partial charge in [-0.1, -0.05) is 19.4 Å². The van der Waals surface area contributed by atoms with Crippen molar-refractivity contribution in [3.8, 4) is 0 Å². The predicted molar refractivity (Wildman–Crippen MR) is 59.5 cm³/mol. The van der Waals surface area contributed by atoms with Gasteiger partial charge in [-0.3, -0.25) is 9.89 Å². The number of aryl methyl sites for hydroxylation is 1. The smallest absolute Gasteiger partial charge is 0.274 e. The zero-order chi connectivity index (χ0) is 11.3. The maximum absolute atomic E-state index is 11.5. The zero-order valence-corrected chi connectivity index (χ0v) is 8.84. The van der Waals surface area contributed by atoms with Gasteiger partial charge >= 0.3 is 0 Å². The molecule has 0 radical (unpaired) electrons. The third kappa shape index (κ3) is 2.59. The van der Waals surface area contributed by atoms with Crippen LogP contribution in [0, 0.1) is 0 Å². The lowest BCUT2D eigenvalue weighted by atomic mass is 10.2. The molecule has 5 nitrogen and oxygen atoms in total. The molecule has 0 bridgehead atoms. The van der Waals surface area contributed by atoms with E-state index >= 15 is 0 Å². The Labute approximate surface area is 88.7 Å². The van der Waals surface area contributed by atoms with Crippen LogP contribution < -0.4 is 11.1 Å². The van der Waals surface area contributed by atoms with E-state index in [1.165, 1.54) is 0 Å². The number of rotatable bonds is 5. The number of nitrogen functional groups attached to an aromatic ring is 1. The van der Waals surface area contributed by atoms with E-state index in [0.29, 0.717) is 12.2 Å². The van der Waals surface area contributed by atoms with Crippen molar-refractivity contribution in [3.63, 3.8) is 0 Å². The largest absolute Gasteiger partial charge is 0.395 e. The third-order valence-electron chi connectivity index (χ3n) is 2.00. The molecule has 15 heavy (non-hydrogen) atoms. The molecule has 0 unspecified atom stereocenters. The molecule has 4 N–H and O–H groups in total. The number of H-pyrrole nitrogens is 1. The average molecular weight is 208 g/mol. The quantitative estimate of drug-likeness (QED) is 0.627. The topological polar surface area (TPSA) is 83.8 Å². The fourth-order valence-corrected chi connectivity index (χ4v) is 1.25. The summed E-state index contributed by atoms with van der Waals surface area (Å²) in [6.07, 6.45) is 3.36. The molecule has 82 valence electrons. The van der Waals surface area contributed by atoms with Crippen molar-refractivity contribution in [1.82, 2.24) is 15.5 Å². The van der Waals surface area contributed by atoms with Crippen molar-refractivity contribution >= 4 is 11.6 Å². The Kier molecular flexibility index (Phi) is 3.91. The predicted octanol–water partition coefficient (Wildman–Crippen LogP) is 0.860. The second kappa shape index (κ2) is 5.19. The lowest BCUT2D eigenvalue weighted by Gasteiger charge is -2.00. The van der Waals surface area contributed by atoms with Crippen molar-refractivity contribution in [2.45, 2.75) is 19.8 Å². The minimum absolute atomic E-state index is 0.264. The Balaban J connectivity index is 2.76. The number of hydrogen-bond acceptors (Lipinski definition) is 3. The van der Waals surface area contributed by atoms with E-state index in [-0.39, 0.29) is 11.6 Å². The van der Waals surface area contributed by atoms with Crippen LogP contribution in [0.1, 0.15) is 29.5 Å². The highest BCUT2D eigenvalue weighted by molar-refractivity contribution is 5.97. The summed E-state index contributed by atoms with van der Waals surface area (Å²) in [4.78, 5) is 11.5. The van der Waals surface area contributed by atoms with Crippen molar-refractivity contribution < 1.29 is 4.79 Å². The first-order chi connectivity index (χ1) is 7.20. The molecular formula is C10H16N4O. The number of anilines is 1. The van der Waals surface area contributed by atoms with Crippen LogP contribution in [0.2, 0.25) is 0 Å². The van der Waals surface area contributed by atoms with Crippen molar-refractivity contribution in [2.75, 3.05) is 12.3 Å². The van der Waals surface area contributed by atoms with Crippen molar-refractivity contribution in [3.05, 3.63) is 24.0 Å². The number of carbonyl (C=O) groups is 1. The van der Waals surface area contributed by atoms with Gasteiger partial charge in [0.15, 0.2) is 5.69 Å². The van der Waals surface area contributed by atoms with Gasteiger partial charge < -0.3 is 11.1 Å². The lowest BCUT2D eigenvalue weighted by molar-refractivity contribution is 0.0954. The van der Waals surface area contributed by atoms with E-state index in [9.17, 15) is 4.79 Å². The first-order valence-corrected chi connectivity index (χ1v) is 4.92. The SMILES string of the molecule is C=CCNC(=O)c1n[nH]c(CCC)c1N. The Bertz CT molecular complexity index is 356. The maximum atomic E-state index is 11.5. The summed E-state index contributed by atoms with van der Waals surface area (Å²) in [6, 6.07) is 0. The van der Waals surface area contributed by atoms with Crippen molar-refractivity contribution in [1.29, 1.82) is 0 Å². The maximum Gasteiger partial charge on any atom is 0.274 e. The van der Waals surface area contributed by atoms with Crippen LogP contribution in [-0.4, -0.2) is 22.6 Å². The fourth-order valence-electron chi connectivity index (χ4n) is 1.25. The highest BCUT2D eigenvalue weighted by atomic mass is 16.1. The first kappa shape index (κ1) is 11.3. The summed E-state index contributed by atoms with van der Waals surface area (Å²) >= 11 is 0. The Hall–Kier alpha value is -1.78. The van der Waals surface area contributed by atoms with E-state index in [1.54, 1.807) is 6.08 Å². The number of aromatic nitrogens is 2. The molecule has 0 aliphatic carbocycles. The van der Waals surface area contributed by atoms with E-state index in [4.69, 9.17) is 5.73 Å². The van der Waals surface area contributed by atoms with Gasteiger partial charge in [0.1, 0.15) is 0 Å². The molecule has 0 aliphatic rings. The van der Waals surface area contributed by atoms with Gasteiger partial charge in [0, 0.05) is 6.54 Å². The highest BCUT2D eigenvalue weighted by Gasteiger charge is 2.15. The van der Waals surface area contributed by atoms with Gasteiger partial charge in [0.05, 0.1) is 11.4 Å². The molecule has 0 aromatic carbocycles. The molecule has 0 saturated heterocycles. The number of nitrogens with two attached hydrogens (primary N) is 1. The van der Waals surface area contributed by atoms with Gasteiger partial charge in [0.2, 0.25) is 0 Å². The van der Waals surface area contributed by atoms with Crippen LogP contribution in [0.25, 0.3) is 0 Å². The summed E-state index contributed by atoms with van der Waals surface area (Å²) in [5.74, 6) is -0.272. The molecule has 0 aliphatic heterocycles. The summed E-state index contributed by atoms with van der Waals surface area (Å²) in [7, 11) is 0. The summed E-state index contributed by atoms with van der Waals surface area (Å²) in [6.45, 7) is 5.96. The third-order valence-corrected chi connectivity index (χ3v) is 2.00. The monoisotopic (exact) mass is 208 g/mol. The zero-order valence-electron chi connectivity index (χ0n) is 8.84. The minimum atomic E-state index is -0.272. The molecule has 0 fully saturated rings. The molecule has 5 heteroatoms. The van der Waals surface area contributed by atoms with Gasteiger partial charge in [-0.2, -0.15) is 5.10 Å². The lowest BCUT2D eigenvalue weighted by Crippen LogP contribution is -2.24. The van der Waals surface area contributed by atoms with E-state index in [2.05, 4.69) is 22.1 Å². The van der Waals surface area contributed by atoms with Crippen molar-refractivity contribution in [2.24, 2.45) is 0 Å². The summed E-state index contributed by atoms with van der Waals surface area (Å²) < 4.78 is 0. The molecule has 0 spiro atoms. The second-order valence-electron chi connectivity index (χ2n) is 3.21.